The number of esters is 2. The van der Waals surface area contributed by atoms with E-state index in [0.717, 1.165) is 17.4 Å². The lowest BCUT2D eigenvalue weighted by Crippen LogP contribution is -2.48. The first-order valence-electron chi connectivity index (χ1n) is 14.1. The molecule has 2 aromatic carbocycles. The molecule has 1 aromatic heterocycles. The Labute approximate surface area is 263 Å². The van der Waals surface area contributed by atoms with Gasteiger partial charge in [0.25, 0.3) is 0 Å². The summed E-state index contributed by atoms with van der Waals surface area (Å²) < 4.78 is 65.8. The minimum atomic E-state index is -5.42. The van der Waals surface area contributed by atoms with Crippen molar-refractivity contribution in [3.63, 3.8) is 0 Å². The predicted octanol–water partition coefficient (Wildman–Crippen LogP) is 3.74. The Kier molecular flexibility index (Phi) is 12.8. The van der Waals surface area contributed by atoms with Crippen LogP contribution in [0.2, 0.25) is 0 Å². The number of aromatic nitrogens is 1. The van der Waals surface area contributed by atoms with E-state index in [1.165, 1.54) is 12.1 Å². The highest BCUT2D eigenvalue weighted by Crippen LogP contribution is 2.25. The van der Waals surface area contributed by atoms with Crippen molar-refractivity contribution in [2.24, 2.45) is 0 Å². The predicted molar refractivity (Wildman–Crippen MR) is 163 cm³/mol. The Morgan fingerprint density at radius 2 is 1.54 bits per heavy atom. The van der Waals surface area contributed by atoms with Crippen molar-refractivity contribution in [3.8, 4) is 11.1 Å². The number of sulfone groups is 1. The summed E-state index contributed by atoms with van der Waals surface area (Å²) in [7, 11) is -3.56. The van der Waals surface area contributed by atoms with Crippen molar-refractivity contribution < 1.29 is 45.5 Å². The van der Waals surface area contributed by atoms with Gasteiger partial charge in [0.15, 0.2) is 0 Å². The fourth-order valence-corrected chi connectivity index (χ4v) is 4.90. The van der Waals surface area contributed by atoms with Gasteiger partial charge in [-0.25, -0.2) is 18.2 Å². The number of nitrogens with zero attached hydrogens (tertiary/aromatic N) is 1. The number of alkyl halides is 3. The summed E-state index contributed by atoms with van der Waals surface area (Å²) in [4.78, 5) is 53.8. The van der Waals surface area contributed by atoms with Crippen LogP contribution in [-0.2, 0) is 33.8 Å². The van der Waals surface area contributed by atoms with Crippen molar-refractivity contribution in [1.29, 1.82) is 0 Å². The number of rotatable bonds is 15. The lowest BCUT2D eigenvalue weighted by molar-refractivity contribution is -0.202. The van der Waals surface area contributed by atoms with Gasteiger partial charge in [-0.15, -0.1) is 0 Å². The van der Waals surface area contributed by atoms with E-state index in [2.05, 4.69) is 25.7 Å². The fourth-order valence-electron chi connectivity index (χ4n) is 4.23. The van der Waals surface area contributed by atoms with Crippen LogP contribution in [0.5, 0.6) is 0 Å². The molecular formula is C31H33F3N4O7S. The van der Waals surface area contributed by atoms with Crippen LogP contribution in [0.15, 0.2) is 79.0 Å². The van der Waals surface area contributed by atoms with Crippen LogP contribution in [0.1, 0.15) is 37.3 Å². The lowest BCUT2D eigenvalue weighted by atomic mass is 9.98. The maximum Gasteiger partial charge on any atom is 0.491 e. The number of benzene rings is 2. The van der Waals surface area contributed by atoms with E-state index >= 15 is 0 Å². The monoisotopic (exact) mass is 662 g/mol. The number of ether oxygens (including phenoxy) is 1. The Balaban J connectivity index is 1.76. The normalized spacial score (nSPS) is 12.8. The molecule has 0 aliphatic carbocycles. The maximum absolute atomic E-state index is 13.4. The maximum atomic E-state index is 13.4. The number of amides is 2. The van der Waals surface area contributed by atoms with Crippen molar-refractivity contribution >= 4 is 39.4 Å². The number of halogens is 3. The van der Waals surface area contributed by atoms with Crippen molar-refractivity contribution in [2.75, 3.05) is 23.9 Å². The second-order valence-electron chi connectivity index (χ2n) is 10.3. The average Bonchev–Trinajstić information content (AvgIpc) is 3.01. The third-order valence-electron chi connectivity index (χ3n) is 6.53. The van der Waals surface area contributed by atoms with E-state index in [1.54, 1.807) is 36.5 Å². The summed E-state index contributed by atoms with van der Waals surface area (Å²) in [5.41, 5.74) is 1.89. The second-order valence-corrected chi connectivity index (χ2v) is 12.6. The molecule has 1 heterocycles. The molecule has 1 unspecified atom stereocenters. The summed E-state index contributed by atoms with van der Waals surface area (Å²) in [6.07, 6.45) is -3.74. The zero-order valence-corrected chi connectivity index (χ0v) is 25.6. The molecule has 3 N–H and O–H groups in total. The first-order valence-corrected chi connectivity index (χ1v) is 16.2. The van der Waals surface area contributed by atoms with Crippen LogP contribution < -0.4 is 16.0 Å². The second kappa shape index (κ2) is 16.5. The van der Waals surface area contributed by atoms with Crippen LogP contribution in [0.3, 0.4) is 0 Å². The van der Waals surface area contributed by atoms with E-state index in [0.29, 0.717) is 18.8 Å². The molecule has 0 fully saturated rings. The molecule has 2 atom stereocenters. The van der Waals surface area contributed by atoms with Gasteiger partial charge in [-0.2, -0.15) is 13.2 Å². The Hall–Kier alpha value is -4.79. The van der Waals surface area contributed by atoms with Gasteiger partial charge < -0.3 is 20.7 Å². The van der Waals surface area contributed by atoms with Gasteiger partial charge in [-0.05, 0) is 41.7 Å². The fraction of sp³-hybridized carbons (Fsp3) is 0.323. The average molecular weight is 663 g/mol. The van der Waals surface area contributed by atoms with Crippen molar-refractivity contribution in [3.05, 3.63) is 84.6 Å². The minimum absolute atomic E-state index is 0.0290. The third kappa shape index (κ3) is 12.3. The third-order valence-corrected chi connectivity index (χ3v) is 7.50. The molecule has 0 saturated carbocycles. The molecule has 0 aliphatic rings. The Morgan fingerprint density at radius 1 is 0.891 bits per heavy atom. The van der Waals surface area contributed by atoms with Crippen molar-refractivity contribution in [1.82, 2.24) is 15.6 Å². The van der Waals surface area contributed by atoms with E-state index in [1.807, 2.05) is 30.3 Å². The Morgan fingerprint density at radius 3 is 2.15 bits per heavy atom. The van der Waals surface area contributed by atoms with Crippen LogP contribution in [0.25, 0.3) is 11.1 Å². The molecule has 0 aliphatic heterocycles. The number of carbonyl (C=O) groups is 4. The number of hydrogen-bond acceptors (Lipinski definition) is 9. The van der Waals surface area contributed by atoms with Gasteiger partial charge in [0.05, 0.1) is 18.2 Å². The van der Waals surface area contributed by atoms with Gasteiger partial charge in [0, 0.05) is 25.4 Å². The number of hydrogen-bond donors (Lipinski definition) is 3. The molecule has 3 rings (SSSR count). The summed E-state index contributed by atoms with van der Waals surface area (Å²) >= 11 is 0. The number of pyridine rings is 1. The summed E-state index contributed by atoms with van der Waals surface area (Å²) in [5, 5.41) is 8.04. The summed E-state index contributed by atoms with van der Waals surface area (Å²) in [6.45, 7) is 0.379. The molecule has 246 valence electrons. The Bertz CT molecular complexity index is 1590. The summed E-state index contributed by atoms with van der Waals surface area (Å²) in [5.74, 6) is -5.59. The van der Waals surface area contributed by atoms with Crippen molar-refractivity contribution in [2.45, 2.75) is 43.9 Å². The van der Waals surface area contributed by atoms with E-state index in [9.17, 15) is 40.8 Å². The van der Waals surface area contributed by atoms with Gasteiger partial charge >= 0.3 is 18.1 Å². The molecule has 46 heavy (non-hydrogen) atoms. The SMILES string of the molecule is CS(=O)(=O)CC[C@H](NC(=O)CCCNc1ccccn1)C(=O)NC(CC(=O)OC(=O)C(F)(F)F)c1ccc(-c2ccccc2)cc1. The number of nitrogens with one attached hydrogen (secondary N) is 3. The standard InChI is InChI=1S/C31H33F3N4O7S/c1-46(43,44)19-16-24(37-27(39)11-7-18-36-26-10-5-6-17-35-26)29(41)38-25(20-28(40)45-30(42)31(32,33)34)23-14-12-22(13-15-23)21-8-3-2-4-9-21/h2-6,8-10,12-15,17,24-25H,7,11,16,18-20H2,1H3,(H,35,36)(H,37,39)(H,38,41)/t24-,25?/m0/s1. The lowest BCUT2D eigenvalue weighted by Gasteiger charge is -2.24. The van der Waals surface area contributed by atoms with Gasteiger partial charge in [-0.3, -0.25) is 14.4 Å². The highest BCUT2D eigenvalue weighted by atomic mass is 32.2. The highest BCUT2D eigenvalue weighted by molar-refractivity contribution is 7.90. The molecule has 11 nitrogen and oxygen atoms in total. The topological polar surface area (TPSA) is 161 Å². The van der Waals surface area contributed by atoms with Crippen LogP contribution in [0.4, 0.5) is 19.0 Å². The molecule has 2 amide bonds. The zero-order valence-electron chi connectivity index (χ0n) is 24.7. The molecule has 0 bridgehead atoms. The zero-order chi connectivity index (χ0) is 33.7. The smallest absolute Gasteiger partial charge is 0.386 e. The van der Waals surface area contributed by atoms with Crippen LogP contribution in [0, 0.1) is 0 Å². The quantitative estimate of drug-likeness (QED) is 0.125. The van der Waals surface area contributed by atoms with E-state index < -0.39 is 64.0 Å². The van der Waals surface area contributed by atoms with Crippen LogP contribution >= 0.6 is 0 Å². The number of anilines is 1. The van der Waals surface area contributed by atoms with Gasteiger partial charge in [0.1, 0.15) is 21.7 Å². The van der Waals surface area contributed by atoms with Gasteiger partial charge in [-0.1, -0.05) is 60.7 Å². The minimum Gasteiger partial charge on any atom is -0.386 e. The van der Waals surface area contributed by atoms with E-state index in [-0.39, 0.29) is 18.4 Å². The summed E-state index contributed by atoms with van der Waals surface area (Å²) in [6, 6.07) is 18.2. The highest BCUT2D eigenvalue weighted by Gasteiger charge is 2.42. The molecule has 0 radical (unpaired) electrons. The van der Waals surface area contributed by atoms with E-state index in [4.69, 9.17) is 0 Å². The largest absolute Gasteiger partial charge is 0.491 e. The van der Waals surface area contributed by atoms with Crippen LogP contribution in [-0.4, -0.2) is 67.9 Å². The first kappa shape index (κ1) is 35.7. The van der Waals surface area contributed by atoms with Gasteiger partial charge in [0.2, 0.25) is 11.8 Å². The molecular weight excluding hydrogens is 629 g/mol. The molecule has 0 spiro atoms. The number of carbonyl (C=O) groups excluding carboxylic acids is 4. The molecule has 15 heteroatoms. The molecule has 3 aromatic rings. The molecule has 0 saturated heterocycles. The first-order chi connectivity index (χ1) is 21.7.